The first-order valence-corrected chi connectivity index (χ1v) is 9.03. The number of unbranched alkanes of at least 4 members (excludes halogenated alkanes) is 1. The summed E-state index contributed by atoms with van der Waals surface area (Å²) in [5, 5.41) is 3.79. The van der Waals surface area contributed by atoms with Gasteiger partial charge in [0.2, 0.25) is 0 Å². The number of likely N-dealkylation sites (tertiary alicyclic amines) is 1. The summed E-state index contributed by atoms with van der Waals surface area (Å²) in [6.45, 7) is 9.72. The number of piperidine rings is 1. The van der Waals surface area contributed by atoms with Crippen LogP contribution in [0.5, 0.6) is 0 Å². The van der Waals surface area contributed by atoms with Crippen molar-refractivity contribution < 1.29 is 9.53 Å². The Hall–Kier alpha value is -1.90. The van der Waals surface area contributed by atoms with Gasteiger partial charge in [0, 0.05) is 30.5 Å². The predicted molar refractivity (Wildman–Crippen MR) is 99.1 cm³/mol. The van der Waals surface area contributed by atoms with Crippen LogP contribution in [0.4, 0.5) is 4.79 Å². The summed E-state index contributed by atoms with van der Waals surface area (Å²) in [7, 11) is 0. The first-order chi connectivity index (χ1) is 11.9. The fourth-order valence-corrected chi connectivity index (χ4v) is 2.79. The molecule has 1 aliphatic heterocycles. The molecule has 25 heavy (non-hydrogen) atoms. The second-order valence-corrected chi connectivity index (χ2v) is 7.41. The smallest absolute Gasteiger partial charge is 0.410 e. The van der Waals surface area contributed by atoms with Gasteiger partial charge in [0.1, 0.15) is 5.60 Å². The van der Waals surface area contributed by atoms with Crippen LogP contribution >= 0.6 is 0 Å². The van der Waals surface area contributed by atoms with Crippen LogP contribution in [0.15, 0.2) is 5.11 Å². The Morgan fingerprint density at radius 1 is 1.36 bits per heavy atom. The minimum Gasteiger partial charge on any atom is -0.444 e. The van der Waals surface area contributed by atoms with Crippen molar-refractivity contribution >= 4 is 6.09 Å². The summed E-state index contributed by atoms with van der Waals surface area (Å²) in [6, 6.07) is 0.146. The fourth-order valence-electron chi connectivity index (χ4n) is 2.79. The molecule has 0 N–H and O–H groups in total. The molecule has 1 amide bonds. The van der Waals surface area contributed by atoms with Gasteiger partial charge in [-0.2, -0.15) is 0 Å². The summed E-state index contributed by atoms with van der Waals surface area (Å²) in [5.41, 5.74) is 7.98. The van der Waals surface area contributed by atoms with Crippen LogP contribution in [0.3, 0.4) is 0 Å². The molecule has 0 aliphatic carbocycles. The number of hydrogen-bond donors (Lipinski definition) is 0. The number of ether oxygens (including phenoxy) is 1. The largest absolute Gasteiger partial charge is 0.444 e. The standard InChI is InChI=1S/C18H31N5O2/c1-5-6-12-23(17(24)25-18(2,3)4)13-8-7-11-22-14-9-16(10-15-22)20-21-19/h1,16H,6-15H2,2-4H3. The number of amides is 1. The molecule has 0 saturated carbocycles. The van der Waals surface area contributed by atoms with E-state index in [0.29, 0.717) is 19.5 Å². The predicted octanol–water partition coefficient (Wildman–Crippen LogP) is 3.80. The minimum absolute atomic E-state index is 0.146. The Morgan fingerprint density at radius 2 is 2.04 bits per heavy atom. The van der Waals surface area contributed by atoms with Crippen molar-refractivity contribution in [1.29, 1.82) is 0 Å². The second-order valence-electron chi connectivity index (χ2n) is 7.41. The molecule has 0 aromatic carbocycles. The molecule has 0 aromatic heterocycles. The fraction of sp³-hybridized carbons (Fsp3) is 0.833. The number of carbonyl (C=O) groups excluding carboxylic acids is 1. The maximum absolute atomic E-state index is 12.2. The summed E-state index contributed by atoms with van der Waals surface area (Å²) in [4.78, 5) is 19.2. The topological polar surface area (TPSA) is 81.5 Å². The first-order valence-electron chi connectivity index (χ1n) is 9.03. The van der Waals surface area contributed by atoms with Crippen molar-refractivity contribution in [1.82, 2.24) is 9.80 Å². The molecule has 0 atom stereocenters. The monoisotopic (exact) mass is 349 g/mol. The highest BCUT2D eigenvalue weighted by Crippen LogP contribution is 2.15. The van der Waals surface area contributed by atoms with Crippen molar-refractivity contribution in [2.45, 2.75) is 64.5 Å². The van der Waals surface area contributed by atoms with E-state index < -0.39 is 5.60 Å². The maximum atomic E-state index is 12.2. The van der Waals surface area contributed by atoms with Gasteiger partial charge in [-0.15, -0.1) is 12.3 Å². The van der Waals surface area contributed by atoms with E-state index in [0.717, 1.165) is 45.3 Å². The highest BCUT2D eigenvalue weighted by Gasteiger charge is 2.22. The van der Waals surface area contributed by atoms with Gasteiger partial charge < -0.3 is 14.5 Å². The third-order valence-corrected chi connectivity index (χ3v) is 4.10. The van der Waals surface area contributed by atoms with Gasteiger partial charge in [0.15, 0.2) is 0 Å². The lowest BCUT2D eigenvalue weighted by molar-refractivity contribution is 0.0249. The Morgan fingerprint density at radius 3 is 2.60 bits per heavy atom. The molecule has 0 bridgehead atoms. The zero-order valence-electron chi connectivity index (χ0n) is 15.8. The summed E-state index contributed by atoms with van der Waals surface area (Å²) in [5.74, 6) is 2.58. The van der Waals surface area contributed by atoms with E-state index in [1.807, 2.05) is 20.8 Å². The van der Waals surface area contributed by atoms with Crippen molar-refractivity contribution in [2.24, 2.45) is 5.11 Å². The van der Waals surface area contributed by atoms with Gasteiger partial charge in [-0.05, 0) is 71.6 Å². The van der Waals surface area contributed by atoms with Crippen LogP contribution in [-0.4, -0.2) is 60.3 Å². The van der Waals surface area contributed by atoms with E-state index in [4.69, 9.17) is 16.7 Å². The number of hydrogen-bond acceptors (Lipinski definition) is 4. The highest BCUT2D eigenvalue weighted by molar-refractivity contribution is 5.68. The van der Waals surface area contributed by atoms with Gasteiger partial charge in [-0.3, -0.25) is 0 Å². The van der Waals surface area contributed by atoms with Gasteiger partial charge >= 0.3 is 6.09 Å². The Balaban J connectivity index is 2.31. The third kappa shape index (κ3) is 9.23. The van der Waals surface area contributed by atoms with Crippen LogP contribution in [0.2, 0.25) is 0 Å². The van der Waals surface area contributed by atoms with Crippen LogP contribution in [-0.2, 0) is 4.74 Å². The number of nitrogens with zero attached hydrogens (tertiary/aromatic N) is 5. The van der Waals surface area contributed by atoms with E-state index in [1.165, 1.54) is 0 Å². The zero-order valence-corrected chi connectivity index (χ0v) is 15.8. The van der Waals surface area contributed by atoms with Gasteiger partial charge in [-0.25, -0.2) is 4.79 Å². The molecule has 0 spiro atoms. The number of azide groups is 1. The average Bonchev–Trinajstić information content (AvgIpc) is 2.54. The molecule has 1 saturated heterocycles. The van der Waals surface area contributed by atoms with E-state index >= 15 is 0 Å². The molecule has 0 radical (unpaired) electrons. The first kappa shape index (κ1) is 21.1. The second kappa shape index (κ2) is 10.9. The van der Waals surface area contributed by atoms with E-state index in [9.17, 15) is 4.79 Å². The molecule has 1 rings (SSSR count). The molecule has 7 nitrogen and oxygen atoms in total. The Labute approximate surface area is 151 Å². The van der Waals surface area contributed by atoms with Crippen LogP contribution in [0.1, 0.15) is 52.9 Å². The molecule has 140 valence electrons. The molecule has 0 unspecified atom stereocenters. The van der Waals surface area contributed by atoms with Crippen molar-refractivity contribution in [3.8, 4) is 12.3 Å². The molecule has 1 heterocycles. The highest BCUT2D eigenvalue weighted by atomic mass is 16.6. The van der Waals surface area contributed by atoms with Crippen molar-refractivity contribution in [2.75, 3.05) is 32.7 Å². The molecule has 1 aliphatic rings. The average molecular weight is 349 g/mol. The third-order valence-electron chi connectivity index (χ3n) is 4.10. The van der Waals surface area contributed by atoms with Crippen LogP contribution in [0, 0.1) is 12.3 Å². The van der Waals surface area contributed by atoms with Gasteiger partial charge in [-0.1, -0.05) is 5.11 Å². The molecular weight excluding hydrogens is 318 g/mol. The van der Waals surface area contributed by atoms with E-state index in [2.05, 4.69) is 20.8 Å². The number of terminal acetylenes is 1. The molecular formula is C18H31N5O2. The minimum atomic E-state index is -0.498. The van der Waals surface area contributed by atoms with Gasteiger partial charge in [0.25, 0.3) is 0 Å². The summed E-state index contributed by atoms with van der Waals surface area (Å²) < 4.78 is 5.45. The normalized spacial score (nSPS) is 15.9. The lowest BCUT2D eigenvalue weighted by Gasteiger charge is -2.30. The van der Waals surface area contributed by atoms with Crippen LogP contribution < -0.4 is 0 Å². The van der Waals surface area contributed by atoms with Gasteiger partial charge in [0.05, 0.1) is 0 Å². The number of carbonyl (C=O) groups is 1. The molecule has 7 heteroatoms. The van der Waals surface area contributed by atoms with E-state index in [1.54, 1.807) is 4.90 Å². The quantitative estimate of drug-likeness (QED) is 0.220. The lowest BCUT2D eigenvalue weighted by atomic mass is 10.1. The molecule has 0 aromatic rings. The number of rotatable bonds is 8. The Bertz CT molecular complexity index is 495. The van der Waals surface area contributed by atoms with E-state index in [-0.39, 0.29) is 12.1 Å². The Kier molecular flexibility index (Phi) is 9.18. The van der Waals surface area contributed by atoms with Crippen molar-refractivity contribution in [3.63, 3.8) is 0 Å². The SMILES string of the molecule is C#CCCN(CCCCN1CCC(N=[N+]=[N-])CC1)C(=O)OC(C)(C)C. The molecule has 1 fully saturated rings. The maximum Gasteiger partial charge on any atom is 0.410 e. The summed E-state index contributed by atoms with van der Waals surface area (Å²) in [6.07, 6.45) is 9.35. The summed E-state index contributed by atoms with van der Waals surface area (Å²) >= 11 is 0. The zero-order chi connectivity index (χ0) is 18.7. The lowest BCUT2D eigenvalue weighted by Crippen LogP contribution is -2.38. The van der Waals surface area contributed by atoms with Crippen molar-refractivity contribution in [3.05, 3.63) is 10.4 Å². The van der Waals surface area contributed by atoms with Crippen LogP contribution in [0.25, 0.3) is 10.4 Å².